The van der Waals surface area contributed by atoms with Crippen molar-refractivity contribution in [1.29, 1.82) is 0 Å². The van der Waals surface area contributed by atoms with Crippen molar-refractivity contribution in [2.24, 2.45) is 0 Å². The molecule has 1 heteroatoms. The third-order valence-electron chi connectivity index (χ3n) is 5.81. The molecular weight excluding hydrogens is 376 g/mol. The van der Waals surface area contributed by atoms with Gasteiger partial charge in [0.05, 0.1) is 0 Å². The molecule has 31 heavy (non-hydrogen) atoms. The molecule has 0 amide bonds. The van der Waals surface area contributed by atoms with Gasteiger partial charge in [0.2, 0.25) is 0 Å². The van der Waals surface area contributed by atoms with Crippen LogP contribution in [0.3, 0.4) is 0 Å². The van der Waals surface area contributed by atoms with E-state index in [0.29, 0.717) is 0 Å². The lowest BCUT2D eigenvalue weighted by atomic mass is 9.99. The molecule has 1 aliphatic rings. The van der Waals surface area contributed by atoms with E-state index in [1.54, 1.807) is 0 Å². The molecule has 4 rings (SSSR count). The van der Waals surface area contributed by atoms with Crippen LogP contribution in [0.15, 0.2) is 84.9 Å². The van der Waals surface area contributed by atoms with Crippen LogP contribution in [0, 0.1) is 0 Å². The molecule has 0 fully saturated rings. The van der Waals surface area contributed by atoms with Crippen LogP contribution in [0.1, 0.15) is 55.7 Å². The Morgan fingerprint density at radius 2 is 1.48 bits per heavy atom. The number of ether oxygens (including phenoxy) is 1. The summed E-state index contributed by atoms with van der Waals surface area (Å²) in [5, 5.41) is 0. The number of unbranched alkanes of at least 4 members (excludes halogenated alkanes) is 2. The van der Waals surface area contributed by atoms with Crippen molar-refractivity contribution in [2.45, 2.75) is 39.0 Å². The maximum atomic E-state index is 5.61. The van der Waals surface area contributed by atoms with Gasteiger partial charge in [-0.2, -0.15) is 0 Å². The first kappa shape index (κ1) is 21.3. The van der Waals surface area contributed by atoms with Crippen LogP contribution in [-0.4, -0.2) is 13.2 Å². The minimum Gasteiger partial charge on any atom is -0.381 e. The second-order valence-electron chi connectivity index (χ2n) is 8.23. The summed E-state index contributed by atoms with van der Waals surface area (Å²) in [5.41, 5.74) is 9.31. The lowest BCUT2D eigenvalue weighted by Gasteiger charge is -2.06. The first-order valence-corrected chi connectivity index (χ1v) is 11.6. The molecule has 0 unspecified atom stereocenters. The Hall–Kier alpha value is -2.90. The summed E-state index contributed by atoms with van der Waals surface area (Å²) in [5.74, 6) is 0. The van der Waals surface area contributed by atoms with Crippen molar-refractivity contribution in [3.05, 3.63) is 102 Å². The molecular formula is C30H32O. The lowest BCUT2D eigenvalue weighted by Crippen LogP contribution is -1.95. The zero-order valence-electron chi connectivity index (χ0n) is 18.5. The van der Waals surface area contributed by atoms with E-state index in [-0.39, 0.29) is 0 Å². The predicted octanol–water partition coefficient (Wildman–Crippen LogP) is 8.28. The van der Waals surface area contributed by atoms with Gasteiger partial charge in [-0.25, -0.2) is 0 Å². The van der Waals surface area contributed by atoms with Gasteiger partial charge in [0.1, 0.15) is 0 Å². The molecule has 1 nitrogen and oxygen atoms in total. The van der Waals surface area contributed by atoms with Crippen molar-refractivity contribution < 1.29 is 4.74 Å². The SMILES string of the molecule is CCCOCCCCCC1=CC(=Cc2cccc(-c3ccccc3)c2)c2ccccc21. The Morgan fingerprint density at radius 3 is 2.32 bits per heavy atom. The third kappa shape index (κ3) is 5.62. The highest BCUT2D eigenvalue weighted by Crippen LogP contribution is 2.39. The second kappa shape index (κ2) is 10.9. The van der Waals surface area contributed by atoms with E-state index in [1.165, 1.54) is 51.8 Å². The van der Waals surface area contributed by atoms with E-state index in [2.05, 4.69) is 97.9 Å². The number of fused-ring (bicyclic) bond motifs is 1. The van der Waals surface area contributed by atoms with Crippen LogP contribution in [0.25, 0.3) is 28.3 Å². The van der Waals surface area contributed by atoms with E-state index in [1.807, 2.05) is 0 Å². The molecule has 0 bridgehead atoms. The second-order valence-corrected chi connectivity index (χ2v) is 8.23. The fourth-order valence-electron chi connectivity index (χ4n) is 4.25. The standard InChI is InChI=1S/C30H32O/c1-2-19-31-20-10-4-7-15-27-23-28(30-18-9-8-17-29(27)30)22-24-12-11-16-26(21-24)25-13-5-3-6-14-25/h3,5-6,8-9,11-14,16-18,21-23H,2,4,7,10,15,19-20H2,1H3. The van der Waals surface area contributed by atoms with Gasteiger partial charge in [-0.15, -0.1) is 0 Å². The van der Waals surface area contributed by atoms with E-state index in [9.17, 15) is 0 Å². The summed E-state index contributed by atoms with van der Waals surface area (Å²) < 4.78 is 5.61. The Labute approximate surface area is 187 Å². The van der Waals surface area contributed by atoms with Crippen LogP contribution in [-0.2, 0) is 4.74 Å². The van der Waals surface area contributed by atoms with Crippen LogP contribution >= 0.6 is 0 Å². The molecule has 0 saturated heterocycles. The maximum absolute atomic E-state index is 5.61. The quantitative estimate of drug-likeness (QED) is 0.307. The Kier molecular flexibility index (Phi) is 7.52. The summed E-state index contributed by atoms with van der Waals surface area (Å²) in [4.78, 5) is 0. The average molecular weight is 409 g/mol. The Bertz CT molecular complexity index is 1040. The monoisotopic (exact) mass is 408 g/mol. The molecule has 0 aromatic heterocycles. The molecule has 3 aromatic rings. The van der Waals surface area contributed by atoms with Gasteiger partial charge in [-0.3, -0.25) is 0 Å². The van der Waals surface area contributed by atoms with E-state index < -0.39 is 0 Å². The largest absolute Gasteiger partial charge is 0.381 e. The summed E-state index contributed by atoms with van der Waals surface area (Å²) >= 11 is 0. The minimum atomic E-state index is 0.887. The van der Waals surface area contributed by atoms with Gasteiger partial charge < -0.3 is 4.74 Å². The molecule has 0 radical (unpaired) electrons. The fourth-order valence-corrected chi connectivity index (χ4v) is 4.25. The molecule has 0 aliphatic heterocycles. The first-order chi connectivity index (χ1) is 15.3. The lowest BCUT2D eigenvalue weighted by molar-refractivity contribution is 0.130. The van der Waals surface area contributed by atoms with Gasteiger partial charge in [0.15, 0.2) is 0 Å². The number of hydrogen-bond donors (Lipinski definition) is 0. The first-order valence-electron chi connectivity index (χ1n) is 11.6. The highest BCUT2D eigenvalue weighted by atomic mass is 16.5. The van der Waals surface area contributed by atoms with Crippen molar-refractivity contribution in [3.8, 4) is 11.1 Å². The highest BCUT2D eigenvalue weighted by Gasteiger charge is 2.17. The van der Waals surface area contributed by atoms with Gasteiger partial charge in [-0.1, -0.05) is 92.2 Å². The topological polar surface area (TPSA) is 9.23 Å². The van der Waals surface area contributed by atoms with Gasteiger partial charge in [-0.05, 0) is 76.8 Å². The minimum absolute atomic E-state index is 0.887. The zero-order chi connectivity index (χ0) is 21.3. The average Bonchev–Trinajstić information content (AvgIpc) is 3.17. The number of rotatable bonds is 10. The molecule has 0 heterocycles. The van der Waals surface area contributed by atoms with Gasteiger partial charge in [0, 0.05) is 13.2 Å². The van der Waals surface area contributed by atoms with Crippen molar-refractivity contribution >= 4 is 17.2 Å². The smallest absolute Gasteiger partial charge is 0.0466 e. The summed E-state index contributed by atoms with van der Waals surface area (Å²) in [6.07, 6.45) is 10.6. The number of hydrogen-bond acceptors (Lipinski definition) is 1. The van der Waals surface area contributed by atoms with Crippen LogP contribution < -0.4 is 0 Å². The highest BCUT2D eigenvalue weighted by molar-refractivity contribution is 6.01. The molecule has 0 atom stereocenters. The van der Waals surface area contributed by atoms with Gasteiger partial charge >= 0.3 is 0 Å². The van der Waals surface area contributed by atoms with Crippen molar-refractivity contribution in [1.82, 2.24) is 0 Å². The Balaban J connectivity index is 1.48. The van der Waals surface area contributed by atoms with Crippen molar-refractivity contribution in [2.75, 3.05) is 13.2 Å². The molecule has 0 saturated carbocycles. The van der Waals surface area contributed by atoms with E-state index in [4.69, 9.17) is 4.74 Å². The molecule has 1 aliphatic carbocycles. The van der Waals surface area contributed by atoms with Crippen LogP contribution in [0.4, 0.5) is 0 Å². The van der Waals surface area contributed by atoms with Crippen LogP contribution in [0.2, 0.25) is 0 Å². The fraction of sp³-hybridized carbons (Fsp3) is 0.267. The normalized spacial score (nSPS) is 14.0. The molecule has 3 aromatic carbocycles. The Morgan fingerprint density at radius 1 is 0.710 bits per heavy atom. The molecule has 158 valence electrons. The summed E-state index contributed by atoms with van der Waals surface area (Å²) in [6, 6.07) is 28.2. The maximum Gasteiger partial charge on any atom is 0.0466 e. The van der Waals surface area contributed by atoms with Crippen LogP contribution in [0.5, 0.6) is 0 Å². The number of benzene rings is 3. The molecule has 0 N–H and O–H groups in total. The summed E-state index contributed by atoms with van der Waals surface area (Å²) in [6.45, 7) is 3.94. The van der Waals surface area contributed by atoms with E-state index >= 15 is 0 Å². The van der Waals surface area contributed by atoms with Crippen molar-refractivity contribution in [3.63, 3.8) is 0 Å². The third-order valence-corrected chi connectivity index (χ3v) is 5.81. The summed E-state index contributed by atoms with van der Waals surface area (Å²) in [7, 11) is 0. The molecule has 0 spiro atoms. The van der Waals surface area contributed by atoms with Gasteiger partial charge in [0.25, 0.3) is 0 Å². The van der Waals surface area contributed by atoms with E-state index in [0.717, 1.165) is 32.5 Å². The zero-order valence-corrected chi connectivity index (χ0v) is 18.5. The number of allylic oxidation sites excluding steroid dienone is 3. The predicted molar refractivity (Wildman–Crippen MR) is 134 cm³/mol.